The lowest BCUT2D eigenvalue weighted by atomic mass is 10.1. The van der Waals surface area contributed by atoms with E-state index in [0.717, 1.165) is 4.88 Å². The molecule has 0 fully saturated rings. The molecule has 5 aromatic rings. The molecule has 0 saturated carbocycles. The smallest absolute Gasteiger partial charge is 0.259 e. The van der Waals surface area contributed by atoms with Crippen molar-refractivity contribution in [3.05, 3.63) is 82.3 Å². The minimum absolute atomic E-state index is 0.161. The highest BCUT2D eigenvalue weighted by atomic mass is 32.1. The summed E-state index contributed by atoms with van der Waals surface area (Å²) in [6.45, 7) is 2.60. The largest absolute Gasteiger partial charge is 0.467 e. The molecule has 0 bridgehead atoms. The molecule has 8 heteroatoms. The Bertz CT molecular complexity index is 1240. The zero-order valence-electron chi connectivity index (χ0n) is 16.1. The maximum absolute atomic E-state index is 13.7. The molecule has 1 amide bonds. The molecule has 0 aromatic carbocycles. The fourth-order valence-corrected chi connectivity index (χ4v) is 4.08. The Balaban J connectivity index is 1.60. The van der Waals surface area contributed by atoms with Crippen molar-refractivity contribution in [1.82, 2.24) is 15.0 Å². The van der Waals surface area contributed by atoms with Gasteiger partial charge in [0.25, 0.3) is 11.6 Å². The minimum Gasteiger partial charge on any atom is -0.467 e. The number of furan rings is 2. The van der Waals surface area contributed by atoms with Crippen molar-refractivity contribution >= 4 is 28.3 Å². The molecule has 5 rings (SSSR count). The zero-order valence-corrected chi connectivity index (χ0v) is 16.9. The number of fused-ring (bicyclic) bond motifs is 1. The molecule has 0 aliphatic rings. The Kier molecular flexibility index (Phi) is 4.68. The maximum atomic E-state index is 13.7. The summed E-state index contributed by atoms with van der Waals surface area (Å²) in [5.41, 5.74) is 1.90. The van der Waals surface area contributed by atoms with Gasteiger partial charge in [0.05, 0.1) is 42.3 Å². The summed E-state index contributed by atoms with van der Waals surface area (Å²) in [7, 11) is 0. The minimum atomic E-state index is -0.161. The van der Waals surface area contributed by atoms with E-state index in [9.17, 15) is 4.79 Å². The van der Waals surface area contributed by atoms with Crippen LogP contribution in [0.1, 0.15) is 26.7 Å². The predicted octanol–water partition coefficient (Wildman–Crippen LogP) is 5.29. The number of carbonyl (C=O) groups excluding carboxylic acids is 1. The molecule has 0 aliphatic carbocycles. The molecule has 0 saturated heterocycles. The first-order valence-corrected chi connectivity index (χ1v) is 10.2. The molecule has 0 aliphatic heterocycles. The van der Waals surface area contributed by atoms with Crippen LogP contribution >= 0.6 is 11.3 Å². The third kappa shape index (κ3) is 3.42. The van der Waals surface area contributed by atoms with E-state index in [-0.39, 0.29) is 5.91 Å². The quantitative estimate of drug-likeness (QED) is 0.372. The van der Waals surface area contributed by atoms with Gasteiger partial charge in [-0.1, -0.05) is 11.2 Å². The van der Waals surface area contributed by atoms with E-state index in [4.69, 9.17) is 13.4 Å². The summed E-state index contributed by atoms with van der Waals surface area (Å²) in [5.74, 6) is 1.10. The van der Waals surface area contributed by atoms with Crippen molar-refractivity contribution < 1.29 is 18.2 Å². The Morgan fingerprint density at radius 2 is 1.97 bits per heavy atom. The summed E-state index contributed by atoms with van der Waals surface area (Å²) < 4.78 is 16.4. The number of thiophene rings is 1. The van der Waals surface area contributed by atoms with Crippen LogP contribution in [0.15, 0.2) is 73.7 Å². The molecule has 0 unspecified atom stereocenters. The van der Waals surface area contributed by atoms with E-state index >= 15 is 0 Å². The van der Waals surface area contributed by atoms with Gasteiger partial charge in [0, 0.05) is 4.88 Å². The second kappa shape index (κ2) is 7.64. The Morgan fingerprint density at radius 1 is 1.10 bits per heavy atom. The molecule has 0 atom stereocenters. The van der Waals surface area contributed by atoms with Crippen molar-refractivity contribution in [3.63, 3.8) is 0 Å². The van der Waals surface area contributed by atoms with Crippen LogP contribution in [0, 0.1) is 6.92 Å². The predicted molar refractivity (Wildman–Crippen MR) is 111 cm³/mol. The number of hydrogen-bond acceptors (Lipinski definition) is 7. The van der Waals surface area contributed by atoms with Gasteiger partial charge < -0.3 is 18.3 Å². The van der Waals surface area contributed by atoms with Gasteiger partial charge in [0.1, 0.15) is 11.5 Å². The number of hydrogen-bond donors (Lipinski definition) is 0. The average Bonchev–Trinajstić information content (AvgIpc) is 3.54. The molecule has 0 N–H and O–H groups in total. The second-order valence-corrected chi connectivity index (χ2v) is 7.83. The van der Waals surface area contributed by atoms with Gasteiger partial charge in [-0.15, -0.1) is 11.3 Å². The van der Waals surface area contributed by atoms with Gasteiger partial charge >= 0.3 is 0 Å². The summed E-state index contributed by atoms with van der Waals surface area (Å²) >= 11 is 1.60. The number of pyridine rings is 1. The zero-order chi connectivity index (χ0) is 20.5. The van der Waals surface area contributed by atoms with Crippen LogP contribution in [-0.2, 0) is 13.1 Å². The van der Waals surface area contributed by atoms with E-state index in [2.05, 4.69) is 10.1 Å². The summed E-state index contributed by atoms with van der Waals surface area (Å²) in [4.78, 5) is 21.1. The van der Waals surface area contributed by atoms with Crippen molar-refractivity contribution in [3.8, 4) is 11.5 Å². The normalized spacial score (nSPS) is 11.2. The van der Waals surface area contributed by atoms with Gasteiger partial charge in [-0.2, -0.15) is 0 Å². The number of nitrogens with zero attached hydrogens (tertiary/aromatic N) is 3. The summed E-state index contributed by atoms with van der Waals surface area (Å²) in [6.07, 6.45) is 3.17. The average molecular weight is 419 g/mol. The van der Waals surface area contributed by atoms with E-state index in [1.807, 2.05) is 29.6 Å². The third-order valence-corrected chi connectivity index (χ3v) is 5.62. The number of carbonyl (C=O) groups is 1. The first-order chi connectivity index (χ1) is 14.7. The molecular weight excluding hydrogens is 402 g/mol. The standard InChI is InChI=1S/C22H17N3O4S/c1-14-20-17(11-18(19-7-3-9-28-19)23-21(20)29-24-14)22(26)25(12-15-5-2-8-27-15)13-16-6-4-10-30-16/h2-11H,12-13H2,1H3. The van der Waals surface area contributed by atoms with Gasteiger partial charge in [-0.25, -0.2) is 4.98 Å². The summed E-state index contributed by atoms with van der Waals surface area (Å²) in [5, 5.41) is 6.61. The molecule has 0 spiro atoms. The third-order valence-electron chi connectivity index (χ3n) is 4.76. The number of rotatable bonds is 6. The van der Waals surface area contributed by atoms with Crippen molar-refractivity contribution in [2.24, 2.45) is 0 Å². The van der Waals surface area contributed by atoms with Crippen LogP contribution in [-0.4, -0.2) is 20.9 Å². The monoisotopic (exact) mass is 419 g/mol. The first-order valence-electron chi connectivity index (χ1n) is 9.34. The molecule has 30 heavy (non-hydrogen) atoms. The Morgan fingerprint density at radius 3 is 2.70 bits per heavy atom. The Hall–Kier alpha value is -3.65. The van der Waals surface area contributed by atoms with Crippen LogP contribution in [0.3, 0.4) is 0 Å². The lowest BCUT2D eigenvalue weighted by Crippen LogP contribution is -2.30. The molecule has 7 nitrogen and oxygen atoms in total. The van der Waals surface area contributed by atoms with Crippen LogP contribution in [0.2, 0.25) is 0 Å². The number of amides is 1. The number of aryl methyl sites for hydroxylation is 1. The maximum Gasteiger partial charge on any atom is 0.259 e. The SMILES string of the molecule is Cc1noc2nc(-c3ccco3)cc(C(=O)N(Cc3ccco3)Cc3cccs3)c12. The van der Waals surface area contributed by atoms with E-state index in [1.54, 1.807) is 53.9 Å². The molecule has 0 radical (unpaired) electrons. The van der Waals surface area contributed by atoms with Gasteiger partial charge in [0.2, 0.25) is 0 Å². The van der Waals surface area contributed by atoms with Crippen molar-refractivity contribution in [2.45, 2.75) is 20.0 Å². The van der Waals surface area contributed by atoms with Gasteiger partial charge in [-0.05, 0) is 48.7 Å². The van der Waals surface area contributed by atoms with E-state index in [0.29, 0.717) is 52.7 Å². The topological polar surface area (TPSA) is 85.5 Å². The summed E-state index contributed by atoms with van der Waals surface area (Å²) in [6, 6.07) is 12.9. The molecular formula is C22H17N3O4S. The first kappa shape index (κ1) is 18.4. The Labute approximate surface area is 175 Å². The van der Waals surface area contributed by atoms with Gasteiger partial charge in [0.15, 0.2) is 5.76 Å². The lowest BCUT2D eigenvalue weighted by Gasteiger charge is -2.21. The number of aromatic nitrogens is 2. The van der Waals surface area contributed by atoms with E-state index < -0.39 is 0 Å². The highest BCUT2D eigenvalue weighted by Gasteiger charge is 2.25. The molecule has 5 heterocycles. The highest BCUT2D eigenvalue weighted by Crippen LogP contribution is 2.29. The van der Waals surface area contributed by atoms with Crippen molar-refractivity contribution in [1.29, 1.82) is 0 Å². The van der Waals surface area contributed by atoms with Crippen LogP contribution in [0.25, 0.3) is 22.6 Å². The fourth-order valence-electron chi connectivity index (χ4n) is 3.37. The van der Waals surface area contributed by atoms with Crippen molar-refractivity contribution in [2.75, 3.05) is 0 Å². The van der Waals surface area contributed by atoms with Gasteiger partial charge in [-0.3, -0.25) is 4.79 Å². The molecule has 150 valence electrons. The highest BCUT2D eigenvalue weighted by molar-refractivity contribution is 7.09. The van der Waals surface area contributed by atoms with Crippen LogP contribution in [0.4, 0.5) is 0 Å². The fraction of sp³-hybridized carbons (Fsp3) is 0.136. The molecule has 5 aromatic heterocycles. The lowest BCUT2D eigenvalue weighted by molar-refractivity contribution is 0.0721. The second-order valence-electron chi connectivity index (χ2n) is 6.80. The van der Waals surface area contributed by atoms with Crippen LogP contribution < -0.4 is 0 Å². The van der Waals surface area contributed by atoms with Crippen LogP contribution in [0.5, 0.6) is 0 Å². The van der Waals surface area contributed by atoms with E-state index in [1.165, 1.54) is 0 Å².